The van der Waals surface area contributed by atoms with Gasteiger partial charge in [0.25, 0.3) is 0 Å². The molecule has 4 heteroatoms. The summed E-state index contributed by atoms with van der Waals surface area (Å²) in [5, 5.41) is 4.28. The van der Waals surface area contributed by atoms with Crippen molar-refractivity contribution < 1.29 is 0 Å². The minimum absolute atomic E-state index is 0.565. The standard InChI is InChI=1S/C9H8Cl2N2/c10-7-3-1-2-6(8(7)11)9-12-4-5-13-9/h1-3H,4-5H2,(H,12,13). The molecule has 0 saturated carbocycles. The van der Waals surface area contributed by atoms with E-state index in [1.54, 1.807) is 6.07 Å². The van der Waals surface area contributed by atoms with Crippen molar-refractivity contribution in [2.75, 3.05) is 13.1 Å². The fourth-order valence-electron chi connectivity index (χ4n) is 1.26. The number of hydrogen-bond acceptors (Lipinski definition) is 2. The van der Waals surface area contributed by atoms with E-state index in [9.17, 15) is 0 Å². The van der Waals surface area contributed by atoms with E-state index in [0.717, 1.165) is 24.5 Å². The van der Waals surface area contributed by atoms with E-state index in [4.69, 9.17) is 23.2 Å². The van der Waals surface area contributed by atoms with Gasteiger partial charge in [-0.1, -0.05) is 29.3 Å². The summed E-state index contributed by atoms with van der Waals surface area (Å²) in [5.74, 6) is 0.840. The van der Waals surface area contributed by atoms with Gasteiger partial charge >= 0.3 is 0 Å². The molecule has 1 heterocycles. The van der Waals surface area contributed by atoms with Crippen molar-refractivity contribution in [2.24, 2.45) is 4.99 Å². The van der Waals surface area contributed by atoms with Crippen LogP contribution in [0.2, 0.25) is 10.0 Å². The van der Waals surface area contributed by atoms with Crippen LogP contribution in [0, 0.1) is 0 Å². The lowest BCUT2D eigenvalue weighted by Crippen LogP contribution is -2.19. The largest absolute Gasteiger partial charge is 0.368 e. The van der Waals surface area contributed by atoms with Crippen molar-refractivity contribution in [3.8, 4) is 0 Å². The number of nitrogens with zero attached hydrogens (tertiary/aromatic N) is 1. The second-order valence-electron chi connectivity index (χ2n) is 2.76. The van der Waals surface area contributed by atoms with E-state index in [1.807, 2.05) is 12.1 Å². The molecule has 0 aliphatic carbocycles. The predicted molar refractivity (Wildman–Crippen MR) is 55.9 cm³/mol. The smallest absolute Gasteiger partial charge is 0.129 e. The van der Waals surface area contributed by atoms with Crippen LogP contribution in [0.15, 0.2) is 23.2 Å². The SMILES string of the molecule is Clc1cccc(C2=NCCN2)c1Cl. The molecule has 0 aromatic heterocycles. The minimum atomic E-state index is 0.565. The molecule has 1 aromatic carbocycles. The second kappa shape index (κ2) is 3.56. The fourth-order valence-corrected chi connectivity index (χ4v) is 1.66. The van der Waals surface area contributed by atoms with Crippen LogP contribution in [0.3, 0.4) is 0 Å². The van der Waals surface area contributed by atoms with E-state index < -0.39 is 0 Å². The molecule has 1 aliphatic heterocycles. The third kappa shape index (κ3) is 1.64. The lowest BCUT2D eigenvalue weighted by Gasteiger charge is -2.05. The maximum Gasteiger partial charge on any atom is 0.129 e. The summed E-state index contributed by atoms with van der Waals surface area (Å²) < 4.78 is 0. The molecule has 0 spiro atoms. The highest BCUT2D eigenvalue weighted by atomic mass is 35.5. The third-order valence-electron chi connectivity index (χ3n) is 1.88. The van der Waals surface area contributed by atoms with Crippen molar-refractivity contribution >= 4 is 29.0 Å². The molecule has 0 bridgehead atoms. The summed E-state index contributed by atoms with van der Waals surface area (Å²) >= 11 is 11.9. The molecule has 0 radical (unpaired) electrons. The summed E-state index contributed by atoms with van der Waals surface area (Å²) in [7, 11) is 0. The van der Waals surface area contributed by atoms with Crippen LogP contribution in [-0.2, 0) is 0 Å². The molecule has 1 aromatic rings. The van der Waals surface area contributed by atoms with E-state index in [2.05, 4.69) is 10.3 Å². The second-order valence-corrected chi connectivity index (χ2v) is 3.54. The molecular weight excluding hydrogens is 207 g/mol. The molecule has 2 nitrogen and oxygen atoms in total. The number of halogens is 2. The van der Waals surface area contributed by atoms with E-state index >= 15 is 0 Å². The van der Waals surface area contributed by atoms with Crippen molar-refractivity contribution in [3.05, 3.63) is 33.8 Å². The Bertz CT molecular complexity index is 361. The Morgan fingerprint density at radius 3 is 2.85 bits per heavy atom. The molecule has 1 aliphatic rings. The van der Waals surface area contributed by atoms with Crippen LogP contribution in [0.25, 0.3) is 0 Å². The first-order chi connectivity index (χ1) is 6.29. The highest BCUT2D eigenvalue weighted by Crippen LogP contribution is 2.25. The monoisotopic (exact) mass is 214 g/mol. The Labute approximate surface area is 86.6 Å². The first-order valence-electron chi connectivity index (χ1n) is 4.02. The van der Waals surface area contributed by atoms with Gasteiger partial charge in [0, 0.05) is 12.1 Å². The zero-order valence-electron chi connectivity index (χ0n) is 6.85. The van der Waals surface area contributed by atoms with Gasteiger partial charge in [-0.2, -0.15) is 0 Å². The molecule has 0 atom stereocenters. The van der Waals surface area contributed by atoms with Gasteiger partial charge in [0.2, 0.25) is 0 Å². The Hall–Kier alpha value is -0.730. The zero-order valence-corrected chi connectivity index (χ0v) is 8.36. The lowest BCUT2D eigenvalue weighted by atomic mass is 10.2. The summed E-state index contributed by atoms with van der Waals surface area (Å²) in [6.45, 7) is 1.68. The third-order valence-corrected chi connectivity index (χ3v) is 2.70. The quantitative estimate of drug-likeness (QED) is 0.763. The Morgan fingerprint density at radius 2 is 2.15 bits per heavy atom. The Balaban J connectivity index is 2.45. The Morgan fingerprint density at radius 1 is 1.31 bits per heavy atom. The molecule has 13 heavy (non-hydrogen) atoms. The van der Waals surface area contributed by atoms with Crippen LogP contribution >= 0.6 is 23.2 Å². The van der Waals surface area contributed by atoms with Gasteiger partial charge in [-0.15, -0.1) is 0 Å². The van der Waals surface area contributed by atoms with Crippen LogP contribution in [0.4, 0.5) is 0 Å². The molecule has 0 amide bonds. The van der Waals surface area contributed by atoms with Gasteiger partial charge in [0.15, 0.2) is 0 Å². The summed E-state index contributed by atoms with van der Waals surface area (Å²) in [5.41, 5.74) is 0.881. The van der Waals surface area contributed by atoms with Crippen molar-refractivity contribution in [3.63, 3.8) is 0 Å². The van der Waals surface area contributed by atoms with Crippen LogP contribution in [-0.4, -0.2) is 18.9 Å². The number of nitrogens with one attached hydrogen (secondary N) is 1. The number of aliphatic imine (C=N–C) groups is 1. The topological polar surface area (TPSA) is 24.4 Å². The van der Waals surface area contributed by atoms with Gasteiger partial charge in [0.1, 0.15) is 5.84 Å². The normalized spacial score (nSPS) is 15.4. The Kier molecular flexibility index (Phi) is 2.42. The predicted octanol–water partition coefficient (Wildman–Crippen LogP) is 2.34. The van der Waals surface area contributed by atoms with Crippen molar-refractivity contribution in [1.29, 1.82) is 0 Å². The summed E-state index contributed by atoms with van der Waals surface area (Å²) in [6.07, 6.45) is 0. The van der Waals surface area contributed by atoms with Crippen LogP contribution in [0.1, 0.15) is 5.56 Å². The maximum atomic E-state index is 6.02. The number of benzene rings is 1. The summed E-state index contributed by atoms with van der Waals surface area (Å²) in [6, 6.07) is 5.54. The molecule has 0 unspecified atom stereocenters. The average Bonchev–Trinajstić information content (AvgIpc) is 2.62. The minimum Gasteiger partial charge on any atom is -0.368 e. The highest BCUT2D eigenvalue weighted by Gasteiger charge is 2.12. The molecule has 0 fully saturated rings. The van der Waals surface area contributed by atoms with Gasteiger partial charge in [-0.3, -0.25) is 4.99 Å². The molecule has 68 valence electrons. The van der Waals surface area contributed by atoms with Gasteiger partial charge in [-0.05, 0) is 12.1 Å². The lowest BCUT2D eigenvalue weighted by molar-refractivity contribution is 0.960. The summed E-state index contributed by atoms with van der Waals surface area (Å²) in [4.78, 5) is 4.27. The number of rotatable bonds is 1. The van der Waals surface area contributed by atoms with Crippen LogP contribution in [0.5, 0.6) is 0 Å². The first-order valence-corrected chi connectivity index (χ1v) is 4.77. The van der Waals surface area contributed by atoms with Crippen molar-refractivity contribution in [1.82, 2.24) is 5.32 Å². The van der Waals surface area contributed by atoms with Gasteiger partial charge in [0.05, 0.1) is 16.6 Å². The maximum absolute atomic E-state index is 6.02. The average molecular weight is 215 g/mol. The van der Waals surface area contributed by atoms with E-state index in [-0.39, 0.29) is 0 Å². The van der Waals surface area contributed by atoms with Gasteiger partial charge in [-0.25, -0.2) is 0 Å². The van der Waals surface area contributed by atoms with E-state index in [1.165, 1.54) is 0 Å². The number of hydrogen-bond donors (Lipinski definition) is 1. The molecule has 2 rings (SSSR count). The molecule has 0 saturated heterocycles. The van der Waals surface area contributed by atoms with Gasteiger partial charge < -0.3 is 5.32 Å². The zero-order chi connectivity index (χ0) is 9.26. The molecule has 1 N–H and O–H groups in total. The van der Waals surface area contributed by atoms with Crippen molar-refractivity contribution in [2.45, 2.75) is 0 Å². The highest BCUT2D eigenvalue weighted by molar-refractivity contribution is 6.44. The van der Waals surface area contributed by atoms with E-state index in [0.29, 0.717) is 10.0 Å². The first kappa shape index (κ1) is 8.85. The van der Waals surface area contributed by atoms with Crippen LogP contribution < -0.4 is 5.32 Å². The number of amidine groups is 1. The fraction of sp³-hybridized carbons (Fsp3) is 0.222. The molecular formula is C9H8Cl2N2.